The number of nitrogens with one attached hydrogen (secondary N) is 1. The van der Waals surface area contributed by atoms with Crippen molar-refractivity contribution in [2.24, 2.45) is 5.73 Å². The molecule has 0 aromatic heterocycles. The zero-order valence-electron chi connectivity index (χ0n) is 38.3. The highest BCUT2D eigenvalue weighted by Crippen LogP contribution is 2.06. The van der Waals surface area contributed by atoms with Crippen molar-refractivity contribution in [3.8, 4) is 0 Å². The molecule has 0 heterocycles. The van der Waals surface area contributed by atoms with Gasteiger partial charge in [0.05, 0.1) is 225 Å². The zero-order valence-corrected chi connectivity index (χ0v) is 38.3. The van der Waals surface area contributed by atoms with E-state index in [1.54, 1.807) is 0 Å². The Kier molecular flexibility index (Phi) is 51.0. The second-order valence-corrected chi connectivity index (χ2v) is 13.6. The maximum atomic E-state index is 11.5. The molecule has 0 rings (SSSR count). The van der Waals surface area contributed by atoms with Crippen LogP contribution in [0.5, 0.6) is 0 Å². The molecule has 3 N–H and O–H groups in total. The highest BCUT2D eigenvalue weighted by Gasteiger charge is 2.15. The van der Waals surface area contributed by atoms with Crippen molar-refractivity contribution >= 4 is 6.09 Å². The molecule has 0 saturated carbocycles. The van der Waals surface area contributed by atoms with E-state index in [1.807, 2.05) is 20.8 Å². The molecule has 0 bridgehead atoms. The van der Waals surface area contributed by atoms with Gasteiger partial charge in [0, 0.05) is 13.1 Å². The van der Waals surface area contributed by atoms with Crippen molar-refractivity contribution in [1.29, 1.82) is 0 Å². The molecule has 0 aliphatic rings. The third kappa shape index (κ3) is 56.6. The smallest absolute Gasteiger partial charge is 0.407 e. The van der Waals surface area contributed by atoms with Gasteiger partial charge in [0.15, 0.2) is 0 Å². The standard InChI is InChI=1S/C41H84N2O19/c1-41(2,3)62-40(44)43-5-7-46-9-11-48-13-15-50-17-19-52-21-23-54-25-27-56-29-31-58-33-35-60-37-39-61-38-36-59-34-32-57-30-28-55-26-24-53-22-20-51-18-16-49-14-12-47-10-8-45-6-4-42/h4-39,42H2,1-3H3,(H,43,44). The molecule has 0 spiro atoms. The SMILES string of the molecule is CC(C)(C)OC(=O)NCCOCCOCCOCCOCCOCCOCCOCCOCCOCCOCCOCCOCCOCCOCCOCCOCCOCCN. The molecule has 1 amide bonds. The van der Waals surface area contributed by atoms with Crippen LogP contribution in [0.2, 0.25) is 0 Å². The lowest BCUT2D eigenvalue weighted by molar-refractivity contribution is -0.0307. The van der Waals surface area contributed by atoms with Crippen LogP contribution >= 0.6 is 0 Å². The number of hydrogen-bond acceptors (Lipinski definition) is 20. The third-order valence-corrected chi connectivity index (χ3v) is 7.13. The number of amides is 1. The molecule has 62 heavy (non-hydrogen) atoms. The summed E-state index contributed by atoms with van der Waals surface area (Å²) in [6, 6.07) is 0. The molecule has 0 atom stereocenters. The molecule has 21 nitrogen and oxygen atoms in total. The second kappa shape index (κ2) is 52.2. The summed E-state index contributed by atoms with van der Waals surface area (Å²) in [7, 11) is 0. The molecule has 0 unspecified atom stereocenters. The van der Waals surface area contributed by atoms with Crippen molar-refractivity contribution in [3.63, 3.8) is 0 Å². The Hall–Kier alpha value is -1.45. The van der Waals surface area contributed by atoms with Gasteiger partial charge in [0.2, 0.25) is 0 Å². The van der Waals surface area contributed by atoms with Gasteiger partial charge < -0.3 is 96.3 Å². The van der Waals surface area contributed by atoms with E-state index >= 15 is 0 Å². The van der Waals surface area contributed by atoms with Gasteiger partial charge in [-0.3, -0.25) is 0 Å². The van der Waals surface area contributed by atoms with E-state index in [9.17, 15) is 4.79 Å². The lowest BCUT2D eigenvalue weighted by Crippen LogP contribution is -2.34. The minimum atomic E-state index is -0.517. The molecule has 0 aromatic rings. The van der Waals surface area contributed by atoms with Crippen LogP contribution in [0.15, 0.2) is 0 Å². The largest absolute Gasteiger partial charge is 0.444 e. The topological polar surface area (TPSA) is 221 Å². The summed E-state index contributed by atoms with van der Waals surface area (Å²) in [5, 5.41) is 2.63. The molecule has 0 saturated heterocycles. The molecule has 0 aliphatic carbocycles. The van der Waals surface area contributed by atoms with Crippen molar-refractivity contribution in [2.45, 2.75) is 26.4 Å². The Morgan fingerprint density at radius 2 is 0.468 bits per heavy atom. The Morgan fingerprint density at radius 3 is 0.629 bits per heavy atom. The number of rotatable bonds is 53. The fourth-order valence-corrected chi connectivity index (χ4v) is 4.24. The Balaban J connectivity index is 3.09. The number of carbonyl (C=O) groups excluding carboxylic acids is 1. The van der Waals surface area contributed by atoms with Crippen LogP contribution in [0.4, 0.5) is 4.79 Å². The molecule has 0 aliphatic heterocycles. The van der Waals surface area contributed by atoms with Crippen molar-refractivity contribution < 1.29 is 90.1 Å². The van der Waals surface area contributed by atoms with Gasteiger partial charge in [-0.15, -0.1) is 0 Å². The maximum absolute atomic E-state index is 11.5. The summed E-state index contributed by atoms with van der Waals surface area (Å²) in [4.78, 5) is 11.5. The first-order valence-electron chi connectivity index (χ1n) is 21.9. The molecular formula is C41H84N2O19. The first kappa shape index (κ1) is 60.5. The first-order valence-corrected chi connectivity index (χ1v) is 21.9. The molecule has 0 aromatic carbocycles. The summed E-state index contributed by atoms with van der Waals surface area (Å²) >= 11 is 0. The van der Waals surface area contributed by atoms with Gasteiger partial charge in [-0.2, -0.15) is 0 Å². The Morgan fingerprint density at radius 1 is 0.306 bits per heavy atom. The number of carbonyl (C=O) groups is 1. The van der Waals surface area contributed by atoms with E-state index in [1.165, 1.54) is 0 Å². The monoisotopic (exact) mass is 909 g/mol. The number of nitrogens with two attached hydrogens (primary N) is 1. The summed E-state index contributed by atoms with van der Waals surface area (Å²) in [6.45, 7) is 23.0. The maximum Gasteiger partial charge on any atom is 0.407 e. The third-order valence-electron chi connectivity index (χ3n) is 7.13. The predicted octanol–water partition coefficient (Wildman–Crippen LogP) is 0.752. The van der Waals surface area contributed by atoms with Crippen LogP contribution in [0.1, 0.15) is 20.8 Å². The average Bonchev–Trinajstić information content (AvgIpc) is 3.24. The summed E-state index contributed by atoms with van der Waals surface area (Å²) in [5.41, 5.74) is 4.82. The van der Waals surface area contributed by atoms with Crippen molar-refractivity contribution in [1.82, 2.24) is 5.32 Å². The molecule has 21 heteroatoms. The normalized spacial score (nSPS) is 11.8. The summed E-state index contributed by atoms with van der Waals surface area (Å²) in [6.07, 6.45) is -0.456. The highest BCUT2D eigenvalue weighted by atomic mass is 16.6. The minimum absolute atomic E-state index is 0.377. The van der Waals surface area contributed by atoms with E-state index < -0.39 is 11.7 Å². The molecule has 0 radical (unpaired) electrons. The van der Waals surface area contributed by atoms with E-state index in [-0.39, 0.29) is 0 Å². The fourth-order valence-electron chi connectivity index (χ4n) is 4.24. The van der Waals surface area contributed by atoms with Crippen molar-refractivity contribution in [2.75, 3.05) is 238 Å². The number of hydrogen-bond donors (Lipinski definition) is 2. The molecule has 372 valence electrons. The quantitative estimate of drug-likeness (QED) is 0.0805. The van der Waals surface area contributed by atoms with Crippen LogP contribution in [0.25, 0.3) is 0 Å². The Labute approximate surface area is 370 Å². The zero-order chi connectivity index (χ0) is 45.0. The van der Waals surface area contributed by atoms with E-state index in [4.69, 9.17) is 91.0 Å². The van der Waals surface area contributed by atoms with E-state index in [0.717, 1.165) is 0 Å². The first-order chi connectivity index (χ1) is 30.5. The molecule has 0 fully saturated rings. The van der Waals surface area contributed by atoms with Gasteiger partial charge in [-0.25, -0.2) is 4.79 Å². The lowest BCUT2D eigenvalue weighted by atomic mass is 10.2. The number of alkyl carbamates (subject to hydrolysis) is 1. The van der Waals surface area contributed by atoms with Crippen LogP contribution in [0, 0.1) is 0 Å². The van der Waals surface area contributed by atoms with Crippen LogP contribution in [0.3, 0.4) is 0 Å². The second-order valence-electron chi connectivity index (χ2n) is 13.6. The van der Waals surface area contributed by atoms with Crippen molar-refractivity contribution in [3.05, 3.63) is 0 Å². The minimum Gasteiger partial charge on any atom is -0.444 e. The predicted molar refractivity (Wildman–Crippen MR) is 227 cm³/mol. The van der Waals surface area contributed by atoms with Crippen LogP contribution in [-0.2, 0) is 85.3 Å². The average molecular weight is 909 g/mol. The van der Waals surface area contributed by atoms with E-state index in [0.29, 0.717) is 238 Å². The van der Waals surface area contributed by atoms with Gasteiger partial charge in [-0.05, 0) is 20.8 Å². The lowest BCUT2D eigenvalue weighted by Gasteiger charge is -2.19. The number of ether oxygens (including phenoxy) is 18. The van der Waals surface area contributed by atoms with Gasteiger partial charge in [-0.1, -0.05) is 0 Å². The fraction of sp³-hybridized carbons (Fsp3) is 0.976. The van der Waals surface area contributed by atoms with Crippen LogP contribution in [-0.4, -0.2) is 249 Å². The highest BCUT2D eigenvalue weighted by molar-refractivity contribution is 5.67. The Bertz CT molecular complexity index is 866. The summed E-state index contributed by atoms with van der Waals surface area (Å²) in [5.74, 6) is 0. The van der Waals surface area contributed by atoms with Gasteiger partial charge in [0.1, 0.15) is 5.60 Å². The van der Waals surface area contributed by atoms with Gasteiger partial charge >= 0.3 is 6.09 Å². The van der Waals surface area contributed by atoms with E-state index in [2.05, 4.69) is 5.32 Å². The van der Waals surface area contributed by atoms with Crippen LogP contribution < -0.4 is 11.1 Å². The molecular weight excluding hydrogens is 824 g/mol. The summed E-state index contributed by atoms with van der Waals surface area (Å²) < 4.78 is 97.9. The van der Waals surface area contributed by atoms with Gasteiger partial charge in [0.25, 0.3) is 0 Å².